The second kappa shape index (κ2) is 5.61. The molecule has 1 aliphatic heterocycles. The van der Waals surface area contributed by atoms with Crippen LogP contribution in [0, 0.1) is 6.92 Å². The molecule has 0 unspecified atom stereocenters. The molecule has 3 nitrogen and oxygen atoms in total. The molecule has 19 heavy (non-hydrogen) atoms. The van der Waals surface area contributed by atoms with Crippen molar-refractivity contribution in [3.63, 3.8) is 0 Å². The first kappa shape index (κ1) is 12.5. The van der Waals surface area contributed by atoms with Crippen LogP contribution in [0.1, 0.15) is 23.4 Å². The summed E-state index contributed by atoms with van der Waals surface area (Å²) in [4.78, 5) is 8.09. The molecule has 3 rings (SSSR count). The van der Waals surface area contributed by atoms with E-state index in [-0.39, 0.29) is 0 Å². The van der Waals surface area contributed by atoms with E-state index in [1.807, 2.05) is 5.51 Å². The number of nitrogens with one attached hydrogen (secondary N) is 1. The average molecular weight is 273 g/mol. The maximum atomic E-state index is 4.30. The first-order chi connectivity index (χ1) is 9.34. The van der Waals surface area contributed by atoms with Gasteiger partial charge >= 0.3 is 0 Å². The number of hydrogen-bond acceptors (Lipinski definition) is 4. The van der Waals surface area contributed by atoms with Crippen molar-refractivity contribution in [2.75, 3.05) is 23.3 Å². The Kier molecular flexibility index (Phi) is 3.69. The lowest BCUT2D eigenvalue weighted by Gasteiger charge is -2.21. The van der Waals surface area contributed by atoms with E-state index in [0.29, 0.717) is 0 Å². The van der Waals surface area contributed by atoms with Crippen LogP contribution in [0.5, 0.6) is 0 Å². The minimum Gasteiger partial charge on any atom is -0.378 e. The van der Waals surface area contributed by atoms with Gasteiger partial charge in [-0.1, -0.05) is 12.1 Å². The van der Waals surface area contributed by atoms with Crippen LogP contribution in [0.2, 0.25) is 0 Å². The quantitative estimate of drug-likeness (QED) is 0.921. The molecule has 1 fully saturated rings. The summed E-state index contributed by atoms with van der Waals surface area (Å²) in [7, 11) is 0. The third kappa shape index (κ3) is 2.73. The van der Waals surface area contributed by atoms with Crippen LogP contribution in [-0.4, -0.2) is 18.1 Å². The van der Waals surface area contributed by atoms with Crippen molar-refractivity contribution in [3.8, 4) is 0 Å². The predicted molar refractivity (Wildman–Crippen MR) is 82.1 cm³/mol. The fourth-order valence-electron chi connectivity index (χ4n) is 2.53. The summed E-state index contributed by atoms with van der Waals surface area (Å²) in [6.07, 6.45) is 2.62. The van der Waals surface area contributed by atoms with Gasteiger partial charge in [0.2, 0.25) is 0 Å². The van der Waals surface area contributed by atoms with Crippen molar-refractivity contribution in [1.82, 2.24) is 4.98 Å². The molecule has 2 heterocycles. The highest BCUT2D eigenvalue weighted by Crippen LogP contribution is 2.29. The molecule has 1 aliphatic rings. The summed E-state index contributed by atoms with van der Waals surface area (Å²) < 4.78 is 0. The third-order valence-electron chi connectivity index (χ3n) is 3.64. The number of hydrogen-bond donors (Lipinski definition) is 1. The van der Waals surface area contributed by atoms with Gasteiger partial charge in [0.1, 0.15) is 0 Å². The largest absolute Gasteiger partial charge is 0.378 e. The monoisotopic (exact) mass is 273 g/mol. The van der Waals surface area contributed by atoms with Gasteiger partial charge in [-0.25, -0.2) is 4.98 Å². The van der Waals surface area contributed by atoms with Crippen molar-refractivity contribution in [3.05, 3.63) is 40.3 Å². The molecule has 1 saturated heterocycles. The van der Waals surface area contributed by atoms with Gasteiger partial charge in [0.15, 0.2) is 0 Å². The second-order valence-electron chi connectivity index (χ2n) is 4.93. The molecule has 100 valence electrons. The van der Waals surface area contributed by atoms with Gasteiger partial charge in [0, 0.05) is 18.0 Å². The van der Waals surface area contributed by atoms with Crippen LogP contribution >= 0.6 is 11.3 Å². The molecule has 0 amide bonds. The SMILES string of the molecule is Cc1ncsc1CNc1ccccc1N1CCCC1. The Balaban J connectivity index is 1.75. The van der Waals surface area contributed by atoms with Gasteiger partial charge in [0.05, 0.1) is 29.1 Å². The summed E-state index contributed by atoms with van der Waals surface area (Å²) >= 11 is 1.72. The highest BCUT2D eigenvalue weighted by Gasteiger charge is 2.15. The number of aromatic nitrogens is 1. The van der Waals surface area contributed by atoms with Crippen LogP contribution in [0.25, 0.3) is 0 Å². The average Bonchev–Trinajstić information content (AvgIpc) is 3.08. The summed E-state index contributed by atoms with van der Waals surface area (Å²) in [6.45, 7) is 5.29. The lowest BCUT2D eigenvalue weighted by atomic mass is 10.2. The topological polar surface area (TPSA) is 28.2 Å². The predicted octanol–water partition coefficient (Wildman–Crippen LogP) is 3.66. The second-order valence-corrected chi connectivity index (χ2v) is 5.87. The number of para-hydroxylation sites is 2. The molecule has 0 aliphatic carbocycles. The van der Waals surface area contributed by atoms with Gasteiger partial charge in [0.25, 0.3) is 0 Å². The zero-order valence-corrected chi connectivity index (χ0v) is 12.0. The number of benzene rings is 1. The zero-order valence-electron chi connectivity index (χ0n) is 11.2. The number of anilines is 2. The van der Waals surface area contributed by atoms with Gasteiger partial charge in [-0.2, -0.15) is 0 Å². The summed E-state index contributed by atoms with van der Waals surface area (Å²) in [5.41, 5.74) is 5.62. The minimum absolute atomic E-state index is 0.862. The number of nitrogens with zero attached hydrogens (tertiary/aromatic N) is 2. The smallest absolute Gasteiger partial charge is 0.0798 e. The van der Waals surface area contributed by atoms with Crippen LogP contribution < -0.4 is 10.2 Å². The van der Waals surface area contributed by atoms with Crippen molar-refractivity contribution in [2.24, 2.45) is 0 Å². The fraction of sp³-hybridized carbons (Fsp3) is 0.400. The van der Waals surface area contributed by atoms with Crippen LogP contribution in [0.3, 0.4) is 0 Å². The zero-order chi connectivity index (χ0) is 13.1. The van der Waals surface area contributed by atoms with E-state index in [0.717, 1.165) is 12.2 Å². The van der Waals surface area contributed by atoms with E-state index in [2.05, 4.69) is 46.4 Å². The molecular weight excluding hydrogens is 254 g/mol. The Bertz CT molecular complexity index is 544. The van der Waals surface area contributed by atoms with Crippen molar-refractivity contribution < 1.29 is 0 Å². The number of aryl methyl sites for hydroxylation is 1. The van der Waals surface area contributed by atoms with Crippen molar-refractivity contribution >= 4 is 22.7 Å². The number of rotatable bonds is 4. The molecule has 1 aromatic heterocycles. The molecule has 2 aromatic rings. The summed E-state index contributed by atoms with van der Waals surface area (Å²) in [5.74, 6) is 0. The fourth-order valence-corrected chi connectivity index (χ4v) is 3.25. The Morgan fingerprint density at radius 2 is 2.05 bits per heavy atom. The van der Waals surface area contributed by atoms with Crippen LogP contribution in [0.15, 0.2) is 29.8 Å². The Hall–Kier alpha value is -1.55. The standard InChI is InChI=1S/C15H19N3S/c1-12-15(19-11-17-12)10-16-13-6-2-3-7-14(13)18-8-4-5-9-18/h2-3,6-7,11,16H,4-5,8-10H2,1H3. The van der Waals surface area contributed by atoms with E-state index >= 15 is 0 Å². The van der Waals surface area contributed by atoms with E-state index in [1.165, 1.54) is 42.2 Å². The van der Waals surface area contributed by atoms with Crippen molar-refractivity contribution in [1.29, 1.82) is 0 Å². The van der Waals surface area contributed by atoms with Gasteiger partial charge < -0.3 is 10.2 Å². The van der Waals surface area contributed by atoms with E-state index in [9.17, 15) is 0 Å². The number of thiazole rings is 1. The first-order valence-corrected chi connectivity index (χ1v) is 7.69. The molecule has 0 bridgehead atoms. The normalized spacial score (nSPS) is 14.9. The molecule has 1 aromatic carbocycles. The minimum atomic E-state index is 0.862. The molecule has 0 atom stereocenters. The highest BCUT2D eigenvalue weighted by molar-refractivity contribution is 7.09. The Labute approximate surface area is 118 Å². The Morgan fingerprint density at radius 1 is 1.26 bits per heavy atom. The third-order valence-corrected chi connectivity index (χ3v) is 4.57. The maximum Gasteiger partial charge on any atom is 0.0798 e. The van der Waals surface area contributed by atoms with Gasteiger partial charge in [-0.15, -0.1) is 11.3 Å². The molecule has 0 saturated carbocycles. The highest BCUT2D eigenvalue weighted by atomic mass is 32.1. The molecule has 0 radical (unpaired) electrons. The first-order valence-electron chi connectivity index (χ1n) is 6.81. The lowest BCUT2D eigenvalue weighted by Crippen LogP contribution is -2.19. The molecule has 4 heteroatoms. The van der Waals surface area contributed by atoms with Crippen LogP contribution in [0.4, 0.5) is 11.4 Å². The van der Waals surface area contributed by atoms with E-state index in [4.69, 9.17) is 0 Å². The van der Waals surface area contributed by atoms with Gasteiger partial charge in [-0.3, -0.25) is 0 Å². The maximum absolute atomic E-state index is 4.30. The summed E-state index contributed by atoms with van der Waals surface area (Å²) in [5, 5.41) is 3.56. The lowest BCUT2D eigenvalue weighted by molar-refractivity contribution is 0.949. The summed E-state index contributed by atoms with van der Waals surface area (Å²) in [6, 6.07) is 8.61. The van der Waals surface area contributed by atoms with Gasteiger partial charge in [-0.05, 0) is 31.9 Å². The Morgan fingerprint density at radius 3 is 2.79 bits per heavy atom. The molecular formula is C15H19N3S. The molecule has 1 N–H and O–H groups in total. The van der Waals surface area contributed by atoms with Crippen LogP contribution in [-0.2, 0) is 6.54 Å². The van der Waals surface area contributed by atoms with E-state index in [1.54, 1.807) is 11.3 Å². The van der Waals surface area contributed by atoms with E-state index < -0.39 is 0 Å². The molecule has 0 spiro atoms. The van der Waals surface area contributed by atoms with Crippen molar-refractivity contribution in [2.45, 2.75) is 26.3 Å².